The topological polar surface area (TPSA) is 78.0 Å². The van der Waals surface area contributed by atoms with Gasteiger partial charge in [0.05, 0.1) is 21.9 Å². The zero-order chi connectivity index (χ0) is 15.4. The monoisotopic (exact) mass is 285 g/mol. The summed E-state index contributed by atoms with van der Waals surface area (Å²) in [6, 6.07) is 6.12. The molecule has 6 nitrogen and oxygen atoms in total. The Morgan fingerprint density at radius 2 is 2.29 bits per heavy atom. The molecule has 0 spiro atoms. The molecule has 0 bridgehead atoms. The van der Waals surface area contributed by atoms with Crippen LogP contribution in [0.4, 0.5) is 5.69 Å². The number of rotatable bonds is 6. The van der Waals surface area contributed by atoms with Crippen molar-refractivity contribution in [3.8, 4) is 5.69 Å². The van der Waals surface area contributed by atoms with E-state index in [1.165, 1.54) is 16.8 Å². The van der Waals surface area contributed by atoms with E-state index in [9.17, 15) is 14.9 Å². The summed E-state index contributed by atoms with van der Waals surface area (Å²) in [7, 11) is 0. The van der Waals surface area contributed by atoms with Gasteiger partial charge in [-0.3, -0.25) is 14.9 Å². The Balaban J connectivity index is 2.45. The zero-order valence-corrected chi connectivity index (χ0v) is 11.6. The van der Waals surface area contributed by atoms with Gasteiger partial charge in [0.1, 0.15) is 0 Å². The maximum absolute atomic E-state index is 11.2. The first kappa shape index (κ1) is 14.6. The van der Waals surface area contributed by atoms with Crippen LogP contribution < -0.4 is 0 Å². The molecule has 0 aliphatic rings. The van der Waals surface area contributed by atoms with Gasteiger partial charge in [-0.2, -0.15) is 5.10 Å². The first-order valence-corrected chi connectivity index (χ1v) is 6.47. The van der Waals surface area contributed by atoms with Crippen molar-refractivity contribution in [2.24, 2.45) is 0 Å². The fourth-order valence-electron chi connectivity index (χ4n) is 2.12. The second-order valence-corrected chi connectivity index (χ2v) is 4.73. The Morgan fingerprint density at radius 3 is 2.90 bits per heavy atom. The molecule has 0 fully saturated rings. The highest BCUT2D eigenvalue weighted by Gasteiger charge is 2.16. The van der Waals surface area contributed by atoms with E-state index in [4.69, 9.17) is 0 Å². The number of nitro groups is 1. The molecule has 2 aromatic rings. The number of hydrogen-bond donors (Lipinski definition) is 0. The van der Waals surface area contributed by atoms with Crippen LogP contribution in [0.15, 0.2) is 43.1 Å². The Morgan fingerprint density at radius 1 is 1.52 bits per heavy atom. The standard InChI is InChI=1S/C15H15N3O3/c1-3-5-11(2)15-12(10-19)9-17(16-15)13-6-4-7-14(8-13)18(20)21/h3-4,6-11H,1,5H2,2H3. The first-order chi connectivity index (χ1) is 10.1. The van der Waals surface area contributed by atoms with E-state index in [0.717, 1.165) is 6.29 Å². The number of carbonyl (C=O) groups is 1. The maximum Gasteiger partial charge on any atom is 0.271 e. The lowest BCUT2D eigenvalue weighted by Crippen LogP contribution is -2.00. The van der Waals surface area contributed by atoms with Crippen molar-refractivity contribution in [2.45, 2.75) is 19.3 Å². The van der Waals surface area contributed by atoms with Crippen LogP contribution in [0, 0.1) is 10.1 Å². The highest BCUT2D eigenvalue weighted by Crippen LogP contribution is 2.23. The Labute approximate surface area is 121 Å². The molecular weight excluding hydrogens is 270 g/mol. The van der Waals surface area contributed by atoms with Crippen LogP contribution in [0.2, 0.25) is 0 Å². The number of nitrogens with zero attached hydrogens (tertiary/aromatic N) is 3. The van der Waals surface area contributed by atoms with E-state index in [0.29, 0.717) is 23.4 Å². The van der Waals surface area contributed by atoms with Crippen LogP contribution in [0.5, 0.6) is 0 Å². The average molecular weight is 285 g/mol. The molecule has 0 saturated carbocycles. The Bertz CT molecular complexity index is 691. The fourth-order valence-corrected chi connectivity index (χ4v) is 2.12. The second-order valence-electron chi connectivity index (χ2n) is 4.73. The minimum Gasteiger partial charge on any atom is -0.298 e. The largest absolute Gasteiger partial charge is 0.298 e. The third-order valence-corrected chi connectivity index (χ3v) is 3.19. The predicted octanol–water partition coefficient (Wildman–Crippen LogP) is 3.27. The molecule has 0 aliphatic carbocycles. The summed E-state index contributed by atoms with van der Waals surface area (Å²) in [6.07, 6.45) is 4.80. The van der Waals surface area contributed by atoms with E-state index < -0.39 is 4.92 Å². The highest BCUT2D eigenvalue weighted by molar-refractivity contribution is 5.76. The number of allylic oxidation sites excluding steroid dienone is 1. The highest BCUT2D eigenvalue weighted by atomic mass is 16.6. The number of aromatic nitrogens is 2. The SMILES string of the molecule is C=CCC(C)c1nn(-c2cccc([N+](=O)[O-])c2)cc1C=O. The molecule has 1 aromatic heterocycles. The molecule has 1 aromatic carbocycles. The van der Waals surface area contributed by atoms with E-state index in [2.05, 4.69) is 11.7 Å². The maximum atomic E-state index is 11.2. The number of carbonyl (C=O) groups excluding carboxylic acids is 1. The van der Waals surface area contributed by atoms with Gasteiger partial charge in [0, 0.05) is 24.2 Å². The molecular formula is C15H15N3O3. The van der Waals surface area contributed by atoms with Gasteiger partial charge in [0.15, 0.2) is 6.29 Å². The fraction of sp³-hybridized carbons (Fsp3) is 0.200. The van der Waals surface area contributed by atoms with Crippen molar-refractivity contribution in [3.63, 3.8) is 0 Å². The van der Waals surface area contributed by atoms with Crippen LogP contribution in [-0.4, -0.2) is 21.0 Å². The Kier molecular flexibility index (Phi) is 4.27. The molecule has 1 heterocycles. The third kappa shape index (κ3) is 3.05. The number of benzene rings is 1. The average Bonchev–Trinajstić information content (AvgIpc) is 2.92. The van der Waals surface area contributed by atoms with Crippen molar-refractivity contribution in [3.05, 3.63) is 64.5 Å². The van der Waals surface area contributed by atoms with Crippen molar-refractivity contribution < 1.29 is 9.72 Å². The summed E-state index contributed by atoms with van der Waals surface area (Å²) in [4.78, 5) is 21.5. The summed E-state index contributed by atoms with van der Waals surface area (Å²) in [5.41, 5.74) is 1.67. The summed E-state index contributed by atoms with van der Waals surface area (Å²) in [5, 5.41) is 15.2. The van der Waals surface area contributed by atoms with Crippen molar-refractivity contribution >= 4 is 12.0 Å². The van der Waals surface area contributed by atoms with Gasteiger partial charge in [-0.05, 0) is 12.5 Å². The van der Waals surface area contributed by atoms with Gasteiger partial charge >= 0.3 is 0 Å². The zero-order valence-electron chi connectivity index (χ0n) is 11.6. The smallest absolute Gasteiger partial charge is 0.271 e. The van der Waals surface area contributed by atoms with Gasteiger partial charge in [-0.15, -0.1) is 6.58 Å². The van der Waals surface area contributed by atoms with Gasteiger partial charge < -0.3 is 0 Å². The van der Waals surface area contributed by atoms with Gasteiger partial charge in [0.2, 0.25) is 0 Å². The van der Waals surface area contributed by atoms with E-state index in [1.807, 2.05) is 6.92 Å². The molecule has 0 radical (unpaired) electrons. The van der Waals surface area contributed by atoms with Crippen molar-refractivity contribution in [2.75, 3.05) is 0 Å². The molecule has 108 valence electrons. The molecule has 21 heavy (non-hydrogen) atoms. The normalized spacial score (nSPS) is 11.9. The molecule has 1 atom stereocenters. The molecule has 0 saturated heterocycles. The summed E-state index contributed by atoms with van der Waals surface area (Å²) >= 11 is 0. The minimum atomic E-state index is -0.463. The summed E-state index contributed by atoms with van der Waals surface area (Å²) in [6.45, 7) is 5.63. The minimum absolute atomic E-state index is 0.0173. The van der Waals surface area contributed by atoms with E-state index in [-0.39, 0.29) is 11.6 Å². The quantitative estimate of drug-likeness (QED) is 0.353. The van der Waals surface area contributed by atoms with Gasteiger partial charge in [0.25, 0.3) is 5.69 Å². The molecule has 0 amide bonds. The lowest BCUT2D eigenvalue weighted by Gasteiger charge is -2.05. The third-order valence-electron chi connectivity index (χ3n) is 3.19. The van der Waals surface area contributed by atoms with Crippen LogP contribution in [0.3, 0.4) is 0 Å². The molecule has 6 heteroatoms. The van der Waals surface area contributed by atoms with E-state index in [1.54, 1.807) is 24.4 Å². The summed E-state index contributed by atoms with van der Waals surface area (Å²) in [5.74, 6) is 0.0580. The number of hydrogen-bond acceptors (Lipinski definition) is 4. The summed E-state index contributed by atoms with van der Waals surface area (Å²) < 4.78 is 1.49. The van der Waals surface area contributed by atoms with Crippen molar-refractivity contribution in [1.29, 1.82) is 0 Å². The molecule has 0 N–H and O–H groups in total. The number of aldehydes is 1. The van der Waals surface area contributed by atoms with Gasteiger partial charge in [-0.25, -0.2) is 4.68 Å². The predicted molar refractivity (Wildman–Crippen MR) is 78.8 cm³/mol. The van der Waals surface area contributed by atoms with Crippen LogP contribution in [0.25, 0.3) is 5.69 Å². The molecule has 2 rings (SSSR count). The van der Waals surface area contributed by atoms with Crippen LogP contribution >= 0.6 is 0 Å². The lowest BCUT2D eigenvalue weighted by atomic mass is 10.0. The van der Waals surface area contributed by atoms with Crippen LogP contribution in [0.1, 0.15) is 35.3 Å². The lowest BCUT2D eigenvalue weighted by molar-refractivity contribution is -0.384. The van der Waals surface area contributed by atoms with Crippen LogP contribution in [-0.2, 0) is 0 Å². The number of non-ortho nitro benzene ring substituents is 1. The van der Waals surface area contributed by atoms with Gasteiger partial charge in [-0.1, -0.05) is 19.1 Å². The second kappa shape index (κ2) is 6.13. The van der Waals surface area contributed by atoms with E-state index >= 15 is 0 Å². The number of nitro benzene ring substituents is 1. The first-order valence-electron chi connectivity index (χ1n) is 6.47. The Hall–Kier alpha value is -2.76. The van der Waals surface area contributed by atoms with Crippen molar-refractivity contribution in [1.82, 2.24) is 9.78 Å². The molecule has 0 aliphatic heterocycles. The molecule has 1 unspecified atom stereocenters.